The van der Waals surface area contributed by atoms with Crippen molar-refractivity contribution in [3.63, 3.8) is 0 Å². The van der Waals surface area contributed by atoms with Crippen molar-refractivity contribution in [2.45, 2.75) is 37.8 Å². The largest absolute Gasteiger partial charge is 0.506 e. The average Bonchev–Trinajstić information content (AvgIpc) is 3.41. The van der Waals surface area contributed by atoms with Gasteiger partial charge in [-0.05, 0) is 36.2 Å². The van der Waals surface area contributed by atoms with Gasteiger partial charge in [0, 0.05) is 30.8 Å². The van der Waals surface area contributed by atoms with Crippen molar-refractivity contribution in [2.24, 2.45) is 0 Å². The van der Waals surface area contributed by atoms with Crippen LogP contribution in [0.2, 0.25) is 0 Å². The zero-order valence-corrected chi connectivity index (χ0v) is 24.6. The third-order valence-electron chi connectivity index (χ3n) is 6.51. The molecule has 0 bridgehead atoms. The number of hydrogen-bond acceptors (Lipinski definition) is 11. The first-order chi connectivity index (χ1) is 21.0. The predicted molar refractivity (Wildman–Crippen MR) is 163 cm³/mol. The Morgan fingerprint density at radius 2 is 1.59 bits per heavy atom. The molecule has 14 heteroatoms. The number of carbonyl (C=O) groups is 2. The minimum atomic E-state index is -2.27. The second kappa shape index (κ2) is 16.5. The van der Waals surface area contributed by atoms with Crippen molar-refractivity contribution < 1.29 is 45.0 Å². The molecule has 0 fully saturated rings. The molecule has 0 spiro atoms. The normalized spacial score (nSPS) is 13.0. The van der Waals surface area contributed by atoms with E-state index >= 15 is 0 Å². The summed E-state index contributed by atoms with van der Waals surface area (Å²) < 4.78 is 5.99. The maximum absolute atomic E-state index is 11.7. The molecule has 13 nitrogen and oxygen atoms in total. The number of benzene rings is 3. The highest BCUT2D eigenvalue weighted by molar-refractivity contribution is 7.16. The Bertz CT molecular complexity index is 1590. The molecule has 4 aromatic rings. The van der Waals surface area contributed by atoms with Crippen LogP contribution in [0.3, 0.4) is 0 Å². The quantitative estimate of drug-likeness (QED) is 0.0902. The van der Waals surface area contributed by atoms with Gasteiger partial charge in [0.2, 0.25) is 0 Å². The maximum Gasteiger partial charge on any atom is 0.335 e. The monoisotopic (exact) mass is 629 g/mol. The molecule has 0 aliphatic heterocycles. The van der Waals surface area contributed by atoms with Crippen molar-refractivity contribution in [1.82, 2.24) is 15.6 Å². The van der Waals surface area contributed by atoms with Gasteiger partial charge in [0.1, 0.15) is 17.0 Å². The average molecular weight is 630 g/mol. The van der Waals surface area contributed by atoms with Crippen LogP contribution in [0.4, 0.5) is 0 Å². The fraction of sp³-hybridized carbons (Fsp3) is 0.300. The first kappa shape index (κ1) is 34.2. The highest BCUT2D eigenvalue weighted by atomic mass is 32.1. The number of H-pyrrole nitrogens is 1. The fourth-order valence-electron chi connectivity index (χ4n) is 4.24. The van der Waals surface area contributed by atoms with E-state index in [4.69, 9.17) is 25.2 Å². The SMILES string of the molecule is COc1ccccc1CNCc1cccc(CCNC[C@H](O)c2ccc(O)c3[nH]c(=O)sc23)c1.O=C(O)C(O)C(O)C(=O)O. The first-order valence-corrected chi connectivity index (χ1v) is 14.3. The number of nitrogens with one attached hydrogen (secondary N) is 3. The summed E-state index contributed by atoms with van der Waals surface area (Å²) in [6.07, 6.45) is -4.48. The summed E-state index contributed by atoms with van der Waals surface area (Å²) in [5.74, 6) is -2.64. The third-order valence-corrected chi connectivity index (χ3v) is 7.44. The number of aromatic amines is 1. The number of rotatable bonds is 14. The van der Waals surface area contributed by atoms with Crippen LogP contribution < -0.4 is 20.2 Å². The van der Waals surface area contributed by atoms with Gasteiger partial charge in [0.15, 0.2) is 12.2 Å². The summed E-state index contributed by atoms with van der Waals surface area (Å²) in [7, 11) is 1.68. The van der Waals surface area contributed by atoms with Crippen LogP contribution in [0.5, 0.6) is 11.5 Å². The number of para-hydroxylation sites is 1. The number of hydrogen-bond donors (Lipinski definition) is 9. The van der Waals surface area contributed by atoms with Gasteiger partial charge in [-0.1, -0.05) is 59.9 Å². The number of aliphatic hydroxyl groups is 3. The van der Waals surface area contributed by atoms with Crippen LogP contribution >= 0.6 is 11.3 Å². The van der Waals surface area contributed by atoms with E-state index in [-0.39, 0.29) is 10.6 Å². The number of aliphatic carboxylic acids is 2. The second-order valence-electron chi connectivity index (χ2n) is 9.66. The molecule has 0 saturated heterocycles. The Morgan fingerprint density at radius 3 is 2.27 bits per heavy atom. The van der Waals surface area contributed by atoms with E-state index in [2.05, 4.69) is 45.9 Å². The smallest absolute Gasteiger partial charge is 0.335 e. The molecule has 0 saturated carbocycles. The number of thiazole rings is 1. The molecule has 0 amide bonds. The summed E-state index contributed by atoms with van der Waals surface area (Å²) in [6, 6.07) is 19.6. The standard InChI is InChI=1S/C26H29N3O4S.C4H6O6/c1-33-23-8-3-2-7-19(23)15-28-14-18-6-4-5-17(13-18)11-12-27-16-22(31)20-9-10-21(30)24-25(20)34-26(32)29-24;5-1(3(7)8)2(6)4(9)10/h2-10,13,22,27-28,30-31H,11-12,14-16H2,1H3,(H,29,32);1-2,5-6H,(H,7,8)(H,9,10)/t22-;/m0./s1. The van der Waals surface area contributed by atoms with Gasteiger partial charge in [-0.3, -0.25) is 4.79 Å². The van der Waals surface area contributed by atoms with Gasteiger partial charge in [-0.2, -0.15) is 0 Å². The van der Waals surface area contributed by atoms with Crippen LogP contribution in [0.15, 0.2) is 65.5 Å². The highest BCUT2D eigenvalue weighted by Gasteiger charge is 2.29. The van der Waals surface area contributed by atoms with Crippen molar-refractivity contribution in [2.75, 3.05) is 20.2 Å². The number of aromatic nitrogens is 1. The second-order valence-corrected chi connectivity index (χ2v) is 10.6. The number of aromatic hydroxyl groups is 1. The summed E-state index contributed by atoms with van der Waals surface area (Å²) in [5.41, 5.74) is 4.56. The van der Waals surface area contributed by atoms with Gasteiger partial charge >= 0.3 is 16.8 Å². The zero-order chi connectivity index (χ0) is 32.2. The Balaban J connectivity index is 0.000000456. The molecule has 3 atom stereocenters. The molecule has 236 valence electrons. The van der Waals surface area contributed by atoms with Crippen molar-refractivity contribution in [1.29, 1.82) is 0 Å². The van der Waals surface area contributed by atoms with Gasteiger partial charge in [0.25, 0.3) is 0 Å². The number of carboxylic acids is 2. The molecule has 4 rings (SSSR count). The van der Waals surface area contributed by atoms with E-state index < -0.39 is 30.3 Å². The van der Waals surface area contributed by atoms with E-state index in [0.717, 1.165) is 42.2 Å². The number of fused-ring (bicyclic) bond motifs is 1. The summed E-state index contributed by atoms with van der Waals surface area (Å²) in [5, 5.41) is 59.8. The van der Waals surface area contributed by atoms with Gasteiger partial charge in [-0.25, -0.2) is 9.59 Å². The van der Waals surface area contributed by atoms with E-state index in [1.165, 1.54) is 17.2 Å². The third kappa shape index (κ3) is 9.60. The van der Waals surface area contributed by atoms with Crippen molar-refractivity contribution >= 4 is 33.5 Å². The molecule has 0 aliphatic carbocycles. The molecule has 44 heavy (non-hydrogen) atoms. The van der Waals surface area contributed by atoms with E-state index in [9.17, 15) is 24.6 Å². The van der Waals surface area contributed by atoms with Crippen LogP contribution in [-0.2, 0) is 29.1 Å². The topological polar surface area (TPSA) is 222 Å². The minimum absolute atomic E-state index is 0.00883. The van der Waals surface area contributed by atoms with Gasteiger partial charge in [-0.15, -0.1) is 0 Å². The van der Waals surface area contributed by atoms with E-state index in [0.29, 0.717) is 28.9 Å². The molecule has 9 N–H and O–H groups in total. The molecule has 0 aliphatic rings. The van der Waals surface area contributed by atoms with Gasteiger partial charge in [0.05, 0.1) is 17.9 Å². The zero-order valence-electron chi connectivity index (χ0n) is 23.8. The van der Waals surface area contributed by atoms with Crippen LogP contribution in [0, 0.1) is 0 Å². The number of ether oxygens (including phenoxy) is 1. The predicted octanol–water partition coefficient (Wildman–Crippen LogP) is 1.34. The van der Waals surface area contributed by atoms with Crippen molar-refractivity contribution in [3.8, 4) is 11.5 Å². The lowest BCUT2D eigenvalue weighted by atomic mass is 10.1. The summed E-state index contributed by atoms with van der Waals surface area (Å²) in [4.78, 5) is 33.6. The summed E-state index contributed by atoms with van der Waals surface area (Å²) in [6.45, 7) is 2.55. The highest BCUT2D eigenvalue weighted by Crippen LogP contribution is 2.31. The van der Waals surface area contributed by atoms with Crippen LogP contribution in [-0.4, -0.2) is 80.0 Å². The lowest BCUT2D eigenvalue weighted by Gasteiger charge is -2.14. The van der Waals surface area contributed by atoms with Gasteiger partial charge < -0.3 is 51.0 Å². The van der Waals surface area contributed by atoms with E-state index in [1.807, 2.05) is 18.2 Å². The number of phenolic OH excluding ortho intramolecular Hbond substituents is 1. The maximum atomic E-state index is 11.7. The molecule has 2 unspecified atom stereocenters. The summed E-state index contributed by atoms with van der Waals surface area (Å²) >= 11 is 0.994. The Kier molecular flexibility index (Phi) is 12.8. The van der Waals surface area contributed by atoms with E-state index in [1.54, 1.807) is 13.2 Å². The molecule has 1 heterocycles. The molecule has 0 radical (unpaired) electrons. The molecule has 1 aromatic heterocycles. The lowest BCUT2D eigenvalue weighted by Crippen LogP contribution is -2.39. The molecular weight excluding hydrogens is 594 g/mol. The number of aliphatic hydroxyl groups excluding tert-OH is 3. The number of carboxylic acid groups (broad SMARTS) is 2. The number of phenols is 1. The molecular formula is C30H35N3O10S. The van der Waals surface area contributed by atoms with Crippen LogP contribution in [0.25, 0.3) is 10.2 Å². The Hall–Kier alpha value is -4.31. The first-order valence-electron chi connectivity index (χ1n) is 13.5. The lowest BCUT2D eigenvalue weighted by molar-refractivity contribution is -0.165. The number of methoxy groups -OCH3 is 1. The fourth-order valence-corrected chi connectivity index (χ4v) is 5.16. The van der Waals surface area contributed by atoms with Crippen molar-refractivity contribution in [3.05, 3.63) is 92.6 Å². The Labute approximate surface area is 256 Å². The molecule has 3 aromatic carbocycles. The Morgan fingerprint density at radius 1 is 0.909 bits per heavy atom. The van der Waals surface area contributed by atoms with Crippen LogP contribution in [0.1, 0.15) is 28.4 Å². The minimum Gasteiger partial charge on any atom is -0.506 e.